The van der Waals surface area contributed by atoms with Gasteiger partial charge in [0.1, 0.15) is 0 Å². The Morgan fingerprint density at radius 1 is 1.13 bits per heavy atom. The fourth-order valence-corrected chi connectivity index (χ4v) is 3.65. The Labute approximate surface area is 148 Å². The second-order valence-corrected chi connectivity index (χ2v) is 6.79. The second kappa shape index (κ2) is 9.09. The van der Waals surface area contributed by atoms with E-state index in [0.717, 1.165) is 25.4 Å². The molecule has 1 aliphatic heterocycles. The number of hydrogen-bond donors (Lipinski definition) is 2. The quantitative estimate of drug-likeness (QED) is 0.740. The molecule has 3 N–H and O–H groups in total. The lowest BCUT2D eigenvalue weighted by molar-refractivity contribution is 0.671. The summed E-state index contributed by atoms with van der Waals surface area (Å²) in [5.74, 6) is 1.23. The predicted molar refractivity (Wildman–Crippen MR) is 104 cm³/mol. The molecule has 0 spiro atoms. The molecule has 2 aromatic carbocycles. The van der Waals surface area contributed by atoms with E-state index >= 15 is 0 Å². The van der Waals surface area contributed by atoms with Gasteiger partial charge in [0, 0.05) is 22.6 Å². The second-order valence-electron chi connectivity index (χ2n) is 5.94. The highest BCUT2D eigenvalue weighted by Gasteiger charge is 2.18. The van der Waals surface area contributed by atoms with E-state index in [1.54, 1.807) is 0 Å². The normalized spacial score (nSPS) is 16.8. The molecular formula is C20H27BrN2. The van der Waals surface area contributed by atoms with Crippen LogP contribution in [0.15, 0.2) is 53.0 Å². The first-order valence-electron chi connectivity index (χ1n) is 8.48. The van der Waals surface area contributed by atoms with E-state index in [1.165, 1.54) is 27.7 Å². The summed E-state index contributed by atoms with van der Waals surface area (Å²) in [6, 6.07) is 16.9. The molecule has 0 bridgehead atoms. The van der Waals surface area contributed by atoms with E-state index in [2.05, 4.69) is 77.6 Å². The highest BCUT2D eigenvalue weighted by atomic mass is 79.9. The zero-order valence-corrected chi connectivity index (χ0v) is 15.6. The summed E-state index contributed by atoms with van der Waals surface area (Å²) >= 11 is 3.52. The van der Waals surface area contributed by atoms with E-state index in [4.69, 9.17) is 5.73 Å². The van der Waals surface area contributed by atoms with Crippen LogP contribution < -0.4 is 11.1 Å². The molecule has 0 radical (unpaired) electrons. The van der Waals surface area contributed by atoms with Crippen molar-refractivity contribution in [2.24, 2.45) is 5.73 Å². The summed E-state index contributed by atoms with van der Waals surface area (Å²) in [6.45, 7) is 6.25. The van der Waals surface area contributed by atoms with Crippen molar-refractivity contribution in [2.75, 3.05) is 18.4 Å². The fourth-order valence-electron chi connectivity index (χ4n) is 3.04. The fraction of sp³-hybridized carbons (Fsp3) is 0.400. The van der Waals surface area contributed by atoms with Gasteiger partial charge in [0.15, 0.2) is 0 Å². The minimum atomic E-state index is 0.487. The summed E-state index contributed by atoms with van der Waals surface area (Å²) in [7, 11) is 0. The number of rotatable bonds is 4. The van der Waals surface area contributed by atoms with Crippen LogP contribution in [0.25, 0.3) is 0 Å². The molecule has 3 heteroatoms. The third-order valence-corrected chi connectivity index (χ3v) is 5.28. The van der Waals surface area contributed by atoms with Crippen molar-refractivity contribution >= 4 is 21.6 Å². The smallest absolute Gasteiger partial charge is 0.0376 e. The molecule has 1 heterocycles. The van der Waals surface area contributed by atoms with Crippen LogP contribution in [-0.4, -0.2) is 13.1 Å². The zero-order valence-electron chi connectivity index (χ0n) is 14.1. The van der Waals surface area contributed by atoms with Crippen LogP contribution in [0.4, 0.5) is 5.69 Å². The molecule has 124 valence electrons. The Morgan fingerprint density at radius 2 is 1.83 bits per heavy atom. The van der Waals surface area contributed by atoms with Gasteiger partial charge in [-0.2, -0.15) is 0 Å². The summed E-state index contributed by atoms with van der Waals surface area (Å²) in [4.78, 5) is 0. The van der Waals surface area contributed by atoms with Crippen molar-refractivity contribution in [3.05, 3.63) is 64.1 Å². The van der Waals surface area contributed by atoms with Gasteiger partial charge in [0.25, 0.3) is 0 Å². The van der Waals surface area contributed by atoms with Gasteiger partial charge in [-0.1, -0.05) is 66.2 Å². The lowest BCUT2D eigenvalue weighted by Gasteiger charge is -2.13. The maximum absolute atomic E-state index is 5.66. The van der Waals surface area contributed by atoms with Gasteiger partial charge >= 0.3 is 0 Å². The third kappa shape index (κ3) is 4.58. The van der Waals surface area contributed by atoms with Crippen LogP contribution in [0, 0.1) is 0 Å². The Kier molecular flexibility index (Phi) is 7.13. The molecule has 2 aromatic rings. The Bertz CT molecular complexity index is 608. The first kappa shape index (κ1) is 18.0. The Hall–Kier alpha value is -1.32. The maximum Gasteiger partial charge on any atom is 0.0376 e. The molecule has 0 amide bonds. The van der Waals surface area contributed by atoms with Crippen LogP contribution in [0.2, 0.25) is 0 Å². The number of nitrogens with two attached hydrogens (primary N) is 1. The van der Waals surface area contributed by atoms with E-state index in [9.17, 15) is 0 Å². The van der Waals surface area contributed by atoms with Crippen molar-refractivity contribution in [3.8, 4) is 0 Å². The molecule has 0 aromatic heterocycles. The van der Waals surface area contributed by atoms with Crippen molar-refractivity contribution in [1.82, 2.24) is 0 Å². The molecule has 0 aliphatic carbocycles. The maximum atomic E-state index is 5.66. The number of hydrogen-bond acceptors (Lipinski definition) is 2. The van der Waals surface area contributed by atoms with E-state index < -0.39 is 0 Å². The van der Waals surface area contributed by atoms with Crippen LogP contribution in [0.5, 0.6) is 0 Å². The third-order valence-electron chi connectivity index (χ3n) is 4.55. The summed E-state index contributed by atoms with van der Waals surface area (Å²) in [6.07, 6.45) is 2.34. The van der Waals surface area contributed by atoms with E-state index in [1.807, 2.05) is 6.07 Å². The first-order chi connectivity index (χ1) is 11.2. The van der Waals surface area contributed by atoms with Gasteiger partial charge in [-0.3, -0.25) is 0 Å². The highest BCUT2D eigenvalue weighted by Crippen LogP contribution is 2.32. The van der Waals surface area contributed by atoms with Crippen molar-refractivity contribution < 1.29 is 0 Å². The summed E-state index contributed by atoms with van der Waals surface area (Å²) in [5, 5.41) is 3.40. The lowest BCUT2D eigenvalue weighted by atomic mass is 9.97. The standard InChI is InChI=1S/C10H14BrN.C10H13N/c1-2-8(7-12)9-5-3-4-6-10(9)11;1-2-8-7-11-10-6-4-3-5-9(8)10/h3-6,8H,2,7,12H2,1H3;3-6,8,11H,2,7H2,1H3. The van der Waals surface area contributed by atoms with Crippen LogP contribution in [0.3, 0.4) is 0 Å². The summed E-state index contributed by atoms with van der Waals surface area (Å²) in [5.41, 5.74) is 9.81. The van der Waals surface area contributed by atoms with Crippen LogP contribution in [-0.2, 0) is 0 Å². The molecule has 3 rings (SSSR count). The highest BCUT2D eigenvalue weighted by molar-refractivity contribution is 9.10. The van der Waals surface area contributed by atoms with Crippen molar-refractivity contribution in [2.45, 2.75) is 38.5 Å². The molecule has 2 nitrogen and oxygen atoms in total. The number of benzene rings is 2. The predicted octanol–water partition coefficient (Wildman–Crippen LogP) is 5.51. The van der Waals surface area contributed by atoms with E-state index in [0.29, 0.717) is 5.92 Å². The van der Waals surface area contributed by atoms with Gasteiger partial charge in [0.05, 0.1) is 0 Å². The molecule has 2 atom stereocenters. The van der Waals surface area contributed by atoms with Crippen LogP contribution >= 0.6 is 15.9 Å². The number of para-hydroxylation sites is 1. The largest absolute Gasteiger partial charge is 0.384 e. The first-order valence-corrected chi connectivity index (χ1v) is 9.27. The number of fused-ring (bicyclic) bond motifs is 1. The van der Waals surface area contributed by atoms with Gasteiger partial charge in [-0.05, 0) is 48.6 Å². The SMILES string of the molecule is CCC(CN)c1ccccc1Br.CCC1CNc2ccccc21. The van der Waals surface area contributed by atoms with Gasteiger partial charge in [-0.15, -0.1) is 0 Å². The van der Waals surface area contributed by atoms with Crippen molar-refractivity contribution in [3.63, 3.8) is 0 Å². The molecule has 0 saturated carbocycles. The van der Waals surface area contributed by atoms with Crippen molar-refractivity contribution in [1.29, 1.82) is 0 Å². The lowest BCUT2D eigenvalue weighted by Crippen LogP contribution is -2.11. The topological polar surface area (TPSA) is 38.0 Å². The minimum Gasteiger partial charge on any atom is -0.384 e. The number of nitrogens with one attached hydrogen (secondary N) is 1. The average Bonchev–Trinajstić information content (AvgIpc) is 3.01. The van der Waals surface area contributed by atoms with Gasteiger partial charge < -0.3 is 11.1 Å². The average molecular weight is 375 g/mol. The number of anilines is 1. The molecule has 23 heavy (non-hydrogen) atoms. The minimum absolute atomic E-state index is 0.487. The zero-order chi connectivity index (χ0) is 16.7. The number of halogens is 1. The Balaban J connectivity index is 0.000000167. The van der Waals surface area contributed by atoms with Gasteiger partial charge in [0.2, 0.25) is 0 Å². The van der Waals surface area contributed by atoms with Crippen LogP contribution in [0.1, 0.15) is 49.7 Å². The Morgan fingerprint density at radius 3 is 2.48 bits per heavy atom. The molecular weight excluding hydrogens is 348 g/mol. The van der Waals surface area contributed by atoms with E-state index in [-0.39, 0.29) is 0 Å². The molecule has 2 unspecified atom stereocenters. The molecule has 1 aliphatic rings. The summed E-state index contributed by atoms with van der Waals surface area (Å²) < 4.78 is 1.17. The molecule has 0 fully saturated rings. The monoisotopic (exact) mass is 374 g/mol. The molecule has 0 saturated heterocycles. The van der Waals surface area contributed by atoms with Gasteiger partial charge in [-0.25, -0.2) is 0 Å².